The van der Waals surface area contributed by atoms with Gasteiger partial charge in [0.05, 0.1) is 11.6 Å². The fraction of sp³-hybridized carbons (Fsp3) is 0.238. The third kappa shape index (κ3) is 6.16. The van der Waals surface area contributed by atoms with Crippen LogP contribution in [0.5, 0.6) is 5.75 Å². The number of thioether (sulfide) groups is 1. The number of benzene rings is 2. The van der Waals surface area contributed by atoms with Gasteiger partial charge in [0, 0.05) is 28.8 Å². The van der Waals surface area contributed by atoms with E-state index in [2.05, 4.69) is 21.3 Å². The molecule has 3 rings (SSSR count). The molecule has 0 spiro atoms. The van der Waals surface area contributed by atoms with Crippen molar-refractivity contribution in [3.05, 3.63) is 81.6 Å². The summed E-state index contributed by atoms with van der Waals surface area (Å²) < 4.78 is 7.82. The molecule has 8 heteroatoms. The molecule has 0 saturated carbocycles. The molecule has 29 heavy (non-hydrogen) atoms. The van der Waals surface area contributed by atoms with Crippen molar-refractivity contribution in [1.82, 2.24) is 14.8 Å². The first kappa shape index (κ1) is 22.0. The van der Waals surface area contributed by atoms with Crippen molar-refractivity contribution in [3.8, 4) is 5.75 Å². The Hall–Kier alpha value is -1.66. The average molecular weight is 469 g/mol. The molecule has 152 valence electrons. The van der Waals surface area contributed by atoms with Crippen LogP contribution in [0.1, 0.15) is 17.8 Å². The number of ether oxygens (including phenoxy) is 1. The van der Waals surface area contributed by atoms with Crippen LogP contribution >= 0.6 is 46.6 Å². The van der Waals surface area contributed by atoms with Crippen molar-refractivity contribution in [2.24, 2.45) is 0 Å². The molecule has 0 N–H and O–H groups in total. The monoisotopic (exact) mass is 467 g/mol. The summed E-state index contributed by atoms with van der Waals surface area (Å²) in [5.74, 6) is 2.25. The predicted molar refractivity (Wildman–Crippen MR) is 122 cm³/mol. The second-order valence-electron chi connectivity index (χ2n) is 6.20. The number of rotatable bonds is 10. The van der Waals surface area contributed by atoms with Gasteiger partial charge in [-0.3, -0.25) is 0 Å². The van der Waals surface area contributed by atoms with E-state index in [0.717, 1.165) is 40.2 Å². The van der Waals surface area contributed by atoms with Crippen LogP contribution in [0.25, 0.3) is 0 Å². The molecule has 0 bridgehead atoms. The van der Waals surface area contributed by atoms with Gasteiger partial charge in [0.15, 0.2) is 5.16 Å². The molecule has 1 heterocycles. The standard InChI is InChI=1S/C21H20Cl3N3OS/c1-2-11-27-20(8-5-12-28-19-10-9-16(22)13-18(19)24)25-26-21(27)29-14-15-6-3-4-7-17(15)23/h2-4,6-7,9-10,13H,1,5,8,11-12,14H2. The third-order valence-corrected chi connectivity index (χ3v) is 6.03. The van der Waals surface area contributed by atoms with Crippen LogP contribution in [0.15, 0.2) is 60.3 Å². The van der Waals surface area contributed by atoms with Crippen LogP contribution in [0.2, 0.25) is 15.1 Å². The summed E-state index contributed by atoms with van der Waals surface area (Å²) in [4.78, 5) is 0. The second kappa shape index (κ2) is 10.9. The lowest BCUT2D eigenvalue weighted by atomic mass is 10.2. The van der Waals surface area contributed by atoms with Gasteiger partial charge in [-0.2, -0.15) is 0 Å². The molecule has 0 aliphatic carbocycles. The molecule has 0 aliphatic heterocycles. The molecule has 0 radical (unpaired) electrons. The van der Waals surface area contributed by atoms with Gasteiger partial charge < -0.3 is 9.30 Å². The van der Waals surface area contributed by atoms with Crippen LogP contribution < -0.4 is 4.74 Å². The quantitative estimate of drug-likeness (QED) is 0.188. The zero-order valence-electron chi connectivity index (χ0n) is 15.7. The second-order valence-corrected chi connectivity index (χ2v) is 8.40. The number of aromatic nitrogens is 3. The Morgan fingerprint density at radius 1 is 1.07 bits per heavy atom. The first-order valence-electron chi connectivity index (χ1n) is 9.05. The average Bonchev–Trinajstić information content (AvgIpc) is 3.08. The number of halogens is 3. The summed E-state index contributed by atoms with van der Waals surface area (Å²) >= 11 is 19.9. The Morgan fingerprint density at radius 3 is 2.66 bits per heavy atom. The zero-order chi connectivity index (χ0) is 20.6. The van der Waals surface area contributed by atoms with E-state index in [-0.39, 0.29) is 0 Å². The van der Waals surface area contributed by atoms with Gasteiger partial charge in [-0.15, -0.1) is 16.8 Å². The molecular formula is C21H20Cl3N3OS. The minimum absolute atomic E-state index is 0.505. The highest BCUT2D eigenvalue weighted by atomic mass is 35.5. The molecule has 0 atom stereocenters. The summed E-state index contributed by atoms with van der Waals surface area (Å²) in [5.41, 5.74) is 1.07. The zero-order valence-corrected chi connectivity index (χ0v) is 18.7. The van der Waals surface area contributed by atoms with Gasteiger partial charge in [-0.05, 0) is 36.2 Å². The SMILES string of the molecule is C=CCn1c(CCCOc2ccc(Cl)cc2Cl)nnc1SCc1ccccc1Cl. The van der Waals surface area contributed by atoms with Gasteiger partial charge >= 0.3 is 0 Å². The highest BCUT2D eigenvalue weighted by molar-refractivity contribution is 7.98. The Balaban J connectivity index is 1.57. The minimum Gasteiger partial charge on any atom is -0.492 e. The maximum absolute atomic E-state index is 6.25. The Morgan fingerprint density at radius 2 is 1.90 bits per heavy atom. The molecule has 3 aromatic rings. The molecule has 0 fully saturated rings. The highest BCUT2D eigenvalue weighted by Crippen LogP contribution is 2.28. The van der Waals surface area contributed by atoms with Gasteiger partial charge in [-0.1, -0.05) is 70.8 Å². The van der Waals surface area contributed by atoms with Crippen LogP contribution in [-0.4, -0.2) is 21.4 Å². The van der Waals surface area contributed by atoms with E-state index in [0.29, 0.717) is 28.9 Å². The van der Waals surface area contributed by atoms with Gasteiger partial charge in [0.1, 0.15) is 11.6 Å². The lowest BCUT2D eigenvalue weighted by Crippen LogP contribution is -2.07. The van der Waals surface area contributed by atoms with Crippen molar-refractivity contribution in [1.29, 1.82) is 0 Å². The predicted octanol–water partition coefficient (Wildman–Crippen LogP) is 6.73. The van der Waals surface area contributed by atoms with Crippen LogP contribution in [0.3, 0.4) is 0 Å². The highest BCUT2D eigenvalue weighted by Gasteiger charge is 2.13. The summed E-state index contributed by atoms with van der Waals surface area (Å²) in [5, 5.41) is 11.4. The lowest BCUT2D eigenvalue weighted by Gasteiger charge is -2.10. The Bertz CT molecular complexity index is 978. The van der Waals surface area contributed by atoms with E-state index in [4.69, 9.17) is 39.5 Å². The van der Waals surface area contributed by atoms with Crippen molar-refractivity contribution in [2.75, 3.05) is 6.61 Å². The summed E-state index contributed by atoms with van der Waals surface area (Å²) in [6, 6.07) is 13.0. The fourth-order valence-electron chi connectivity index (χ4n) is 2.69. The van der Waals surface area contributed by atoms with Crippen LogP contribution in [0.4, 0.5) is 0 Å². The normalized spacial score (nSPS) is 10.9. The van der Waals surface area contributed by atoms with Crippen molar-refractivity contribution in [3.63, 3.8) is 0 Å². The van der Waals surface area contributed by atoms with E-state index < -0.39 is 0 Å². The number of nitrogens with zero attached hydrogens (tertiary/aromatic N) is 3. The lowest BCUT2D eigenvalue weighted by molar-refractivity contribution is 0.309. The summed E-state index contributed by atoms with van der Waals surface area (Å²) in [6.07, 6.45) is 3.36. The minimum atomic E-state index is 0.505. The van der Waals surface area contributed by atoms with E-state index in [1.54, 1.807) is 30.0 Å². The number of aryl methyl sites for hydroxylation is 1. The maximum atomic E-state index is 6.25. The molecular weight excluding hydrogens is 449 g/mol. The van der Waals surface area contributed by atoms with E-state index >= 15 is 0 Å². The molecule has 0 saturated heterocycles. The maximum Gasteiger partial charge on any atom is 0.191 e. The summed E-state index contributed by atoms with van der Waals surface area (Å²) in [7, 11) is 0. The number of hydrogen-bond donors (Lipinski definition) is 0. The Kier molecular flexibility index (Phi) is 8.30. The molecule has 1 aromatic heterocycles. The summed E-state index contributed by atoms with van der Waals surface area (Å²) in [6.45, 7) is 5.01. The van der Waals surface area contributed by atoms with Crippen molar-refractivity contribution < 1.29 is 4.74 Å². The fourth-order valence-corrected chi connectivity index (χ4v) is 4.40. The topological polar surface area (TPSA) is 39.9 Å². The van der Waals surface area contributed by atoms with Gasteiger partial charge in [0.25, 0.3) is 0 Å². The van der Waals surface area contributed by atoms with Gasteiger partial charge in [-0.25, -0.2) is 0 Å². The first-order valence-corrected chi connectivity index (χ1v) is 11.2. The Labute approximate surface area is 189 Å². The molecule has 0 unspecified atom stereocenters. The van der Waals surface area contributed by atoms with Crippen molar-refractivity contribution >= 4 is 46.6 Å². The van der Waals surface area contributed by atoms with E-state index in [1.165, 1.54) is 0 Å². The third-order valence-electron chi connectivity index (χ3n) is 4.12. The van der Waals surface area contributed by atoms with Crippen molar-refractivity contribution in [2.45, 2.75) is 30.3 Å². The number of hydrogen-bond acceptors (Lipinski definition) is 4. The van der Waals surface area contributed by atoms with Gasteiger partial charge in [0.2, 0.25) is 0 Å². The molecule has 2 aromatic carbocycles. The van der Waals surface area contributed by atoms with E-state index in [1.807, 2.05) is 30.3 Å². The van der Waals surface area contributed by atoms with Crippen LogP contribution in [0, 0.1) is 0 Å². The van der Waals surface area contributed by atoms with Crippen LogP contribution in [-0.2, 0) is 18.7 Å². The largest absolute Gasteiger partial charge is 0.492 e. The molecule has 0 aliphatic rings. The van der Waals surface area contributed by atoms with E-state index in [9.17, 15) is 0 Å². The molecule has 4 nitrogen and oxygen atoms in total. The first-order chi connectivity index (χ1) is 14.1. The number of allylic oxidation sites excluding steroid dienone is 1. The molecule has 0 amide bonds. The smallest absolute Gasteiger partial charge is 0.191 e.